The number of nitro groups is 1. The maximum Gasteiger partial charge on any atom is 0.290 e. The Bertz CT molecular complexity index is 797. The standard InChI is InChI=1S/C16H19N3O4S/c17-12-13-3-4-15(14(11-13)19(20)21)24(22,23)18-9-7-16(8-10-18)5-1-2-6-16/h3-4,11H,1-2,5-10H2. The zero-order valence-electron chi connectivity index (χ0n) is 13.3. The Morgan fingerprint density at radius 2 is 1.79 bits per heavy atom. The van der Waals surface area contributed by atoms with E-state index < -0.39 is 20.6 Å². The number of nitro benzene ring substituents is 1. The Morgan fingerprint density at radius 1 is 1.17 bits per heavy atom. The van der Waals surface area contributed by atoms with Crippen molar-refractivity contribution >= 4 is 15.7 Å². The molecule has 7 nitrogen and oxygen atoms in total. The van der Waals surface area contributed by atoms with Crippen LogP contribution in [0.5, 0.6) is 0 Å². The maximum atomic E-state index is 12.9. The van der Waals surface area contributed by atoms with Crippen molar-refractivity contribution in [3.8, 4) is 6.07 Å². The first-order chi connectivity index (χ1) is 11.4. The number of rotatable bonds is 3. The van der Waals surface area contributed by atoms with Crippen molar-refractivity contribution in [1.29, 1.82) is 5.26 Å². The van der Waals surface area contributed by atoms with Crippen LogP contribution in [0.4, 0.5) is 5.69 Å². The molecule has 0 aromatic heterocycles. The highest BCUT2D eigenvalue weighted by Crippen LogP contribution is 2.47. The summed E-state index contributed by atoms with van der Waals surface area (Å²) in [5.74, 6) is 0. The van der Waals surface area contributed by atoms with E-state index >= 15 is 0 Å². The summed E-state index contributed by atoms with van der Waals surface area (Å²) in [4.78, 5) is 10.2. The molecule has 1 aromatic rings. The van der Waals surface area contributed by atoms with Crippen LogP contribution in [0.25, 0.3) is 0 Å². The first-order valence-corrected chi connectivity index (χ1v) is 9.51. The van der Waals surface area contributed by atoms with Gasteiger partial charge < -0.3 is 0 Å². The minimum absolute atomic E-state index is 0.0733. The van der Waals surface area contributed by atoms with Crippen molar-refractivity contribution in [2.75, 3.05) is 13.1 Å². The summed E-state index contributed by atoms with van der Waals surface area (Å²) in [6, 6.07) is 5.30. The van der Waals surface area contributed by atoms with Gasteiger partial charge in [0.05, 0.1) is 16.6 Å². The van der Waals surface area contributed by atoms with Gasteiger partial charge in [0, 0.05) is 19.2 Å². The molecular weight excluding hydrogens is 330 g/mol. The number of piperidine rings is 1. The van der Waals surface area contributed by atoms with E-state index in [1.54, 1.807) is 6.07 Å². The van der Waals surface area contributed by atoms with Gasteiger partial charge in [0.15, 0.2) is 4.90 Å². The fourth-order valence-corrected chi connectivity index (χ4v) is 5.49. The molecule has 1 saturated carbocycles. The normalized spacial score (nSPS) is 20.8. The third-order valence-corrected chi connectivity index (χ3v) is 7.30. The van der Waals surface area contributed by atoms with Gasteiger partial charge in [0.2, 0.25) is 10.0 Å². The lowest BCUT2D eigenvalue weighted by atomic mass is 9.78. The molecule has 8 heteroatoms. The van der Waals surface area contributed by atoms with Gasteiger partial charge in [-0.25, -0.2) is 8.42 Å². The molecule has 3 rings (SSSR count). The van der Waals surface area contributed by atoms with Crippen molar-refractivity contribution < 1.29 is 13.3 Å². The minimum Gasteiger partial charge on any atom is -0.258 e. The van der Waals surface area contributed by atoms with E-state index in [2.05, 4.69) is 0 Å². The fraction of sp³-hybridized carbons (Fsp3) is 0.562. The Kier molecular flexibility index (Phi) is 4.32. The number of nitriles is 1. The Morgan fingerprint density at radius 3 is 2.33 bits per heavy atom. The van der Waals surface area contributed by atoms with Crippen LogP contribution in [0, 0.1) is 26.9 Å². The molecule has 0 unspecified atom stereocenters. The first kappa shape index (κ1) is 16.9. The number of sulfonamides is 1. The third kappa shape index (κ3) is 2.89. The minimum atomic E-state index is -3.93. The molecule has 1 aliphatic heterocycles. The predicted molar refractivity (Wildman–Crippen MR) is 86.7 cm³/mol. The van der Waals surface area contributed by atoms with Crippen molar-refractivity contribution in [1.82, 2.24) is 4.31 Å². The van der Waals surface area contributed by atoms with Crippen LogP contribution >= 0.6 is 0 Å². The summed E-state index contributed by atoms with van der Waals surface area (Å²) in [5, 5.41) is 20.1. The molecule has 0 amide bonds. The summed E-state index contributed by atoms with van der Waals surface area (Å²) in [6.45, 7) is 0.805. The van der Waals surface area contributed by atoms with Gasteiger partial charge in [0.25, 0.3) is 5.69 Å². The van der Waals surface area contributed by atoms with E-state index in [1.807, 2.05) is 0 Å². The van der Waals surface area contributed by atoms with Gasteiger partial charge in [-0.15, -0.1) is 0 Å². The number of hydrogen-bond donors (Lipinski definition) is 0. The predicted octanol–water partition coefficient (Wildman–Crippen LogP) is 2.81. The van der Waals surface area contributed by atoms with Crippen LogP contribution in [-0.2, 0) is 10.0 Å². The highest BCUT2D eigenvalue weighted by atomic mass is 32.2. The van der Waals surface area contributed by atoms with Gasteiger partial charge in [-0.2, -0.15) is 9.57 Å². The molecule has 1 heterocycles. The van der Waals surface area contributed by atoms with Gasteiger partial charge in [-0.1, -0.05) is 12.8 Å². The number of hydrogen-bond acceptors (Lipinski definition) is 5. The summed E-state index contributed by atoms with van der Waals surface area (Å²) in [5.41, 5.74) is -0.192. The monoisotopic (exact) mass is 349 g/mol. The van der Waals surface area contributed by atoms with Crippen molar-refractivity contribution in [2.24, 2.45) is 5.41 Å². The molecule has 2 fully saturated rings. The molecular formula is C16H19N3O4S. The van der Waals surface area contributed by atoms with Gasteiger partial charge in [0.1, 0.15) is 0 Å². The van der Waals surface area contributed by atoms with Crippen molar-refractivity contribution in [3.05, 3.63) is 33.9 Å². The van der Waals surface area contributed by atoms with E-state index in [0.717, 1.165) is 31.7 Å². The van der Waals surface area contributed by atoms with Crippen LogP contribution in [0.15, 0.2) is 23.1 Å². The summed E-state index contributed by atoms with van der Waals surface area (Å²) >= 11 is 0. The molecule has 2 aliphatic rings. The maximum absolute atomic E-state index is 12.9. The quantitative estimate of drug-likeness (QED) is 0.616. The van der Waals surface area contributed by atoms with Crippen molar-refractivity contribution in [3.63, 3.8) is 0 Å². The first-order valence-electron chi connectivity index (χ1n) is 8.07. The third-order valence-electron chi connectivity index (χ3n) is 5.35. The molecule has 0 bridgehead atoms. The van der Waals surface area contributed by atoms with Crippen LogP contribution in [0.3, 0.4) is 0 Å². The smallest absolute Gasteiger partial charge is 0.258 e. The highest BCUT2D eigenvalue weighted by Gasteiger charge is 2.41. The summed E-state index contributed by atoms with van der Waals surface area (Å²) in [7, 11) is -3.93. The summed E-state index contributed by atoms with van der Waals surface area (Å²) in [6.07, 6.45) is 6.34. The van der Waals surface area contributed by atoms with Gasteiger partial charge >= 0.3 is 0 Å². The lowest BCUT2D eigenvalue weighted by Gasteiger charge is -2.38. The molecule has 0 N–H and O–H groups in total. The second-order valence-electron chi connectivity index (χ2n) is 6.66. The van der Waals surface area contributed by atoms with E-state index in [4.69, 9.17) is 5.26 Å². The molecule has 24 heavy (non-hydrogen) atoms. The molecule has 1 aliphatic carbocycles. The lowest BCUT2D eigenvalue weighted by Crippen LogP contribution is -2.42. The largest absolute Gasteiger partial charge is 0.290 e. The van der Waals surface area contributed by atoms with Crippen LogP contribution < -0.4 is 0 Å². The van der Waals surface area contributed by atoms with E-state index in [-0.39, 0.29) is 15.9 Å². The van der Waals surface area contributed by atoms with Crippen LogP contribution in [-0.4, -0.2) is 30.7 Å². The zero-order chi connectivity index (χ0) is 17.4. The SMILES string of the molecule is N#Cc1ccc(S(=O)(=O)N2CCC3(CCCC3)CC2)c([N+](=O)[O-])c1. The topological polar surface area (TPSA) is 104 Å². The van der Waals surface area contributed by atoms with E-state index in [1.165, 1.54) is 29.3 Å². The lowest BCUT2D eigenvalue weighted by molar-refractivity contribution is -0.387. The highest BCUT2D eigenvalue weighted by molar-refractivity contribution is 7.89. The average Bonchev–Trinajstić information content (AvgIpc) is 3.02. The number of benzene rings is 1. The molecule has 0 radical (unpaired) electrons. The Hall–Kier alpha value is -1.98. The van der Waals surface area contributed by atoms with Gasteiger partial charge in [-0.3, -0.25) is 10.1 Å². The second-order valence-corrected chi connectivity index (χ2v) is 8.57. The average molecular weight is 349 g/mol. The van der Waals surface area contributed by atoms with E-state index in [0.29, 0.717) is 13.1 Å². The second kappa shape index (κ2) is 6.15. The van der Waals surface area contributed by atoms with E-state index in [9.17, 15) is 18.5 Å². The van der Waals surface area contributed by atoms with Crippen LogP contribution in [0.2, 0.25) is 0 Å². The molecule has 0 atom stereocenters. The zero-order valence-corrected chi connectivity index (χ0v) is 14.1. The fourth-order valence-electron chi connectivity index (χ4n) is 3.91. The van der Waals surface area contributed by atoms with Gasteiger partial charge in [-0.05, 0) is 43.2 Å². The molecule has 128 valence electrons. The Balaban J connectivity index is 1.89. The molecule has 1 spiro atoms. The molecule has 1 aromatic carbocycles. The van der Waals surface area contributed by atoms with Crippen molar-refractivity contribution in [2.45, 2.75) is 43.4 Å². The number of nitrogens with zero attached hydrogens (tertiary/aromatic N) is 3. The van der Waals surface area contributed by atoms with Crippen LogP contribution in [0.1, 0.15) is 44.1 Å². The molecule has 1 saturated heterocycles. The Labute approximate surface area is 141 Å². The summed E-state index contributed by atoms with van der Waals surface area (Å²) < 4.78 is 27.1.